The van der Waals surface area contributed by atoms with Crippen molar-refractivity contribution in [3.63, 3.8) is 0 Å². The number of aryl methyl sites for hydroxylation is 1. The molecule has 1 aliphatic rings. The van der Waals surface area contributed by atoms with Crippen molar-refractivity contribution in [3.05, 3.63) is 18.0 Å². The predicted octanol–water partition coefficient (Wildman–Crippen LogP) is 1.43. The molecule has 1 fully saturated rings. The normalized spacial score (nSPS) is 19.9. The highest BCUT2D eigenvalue weighted by Crippen LogP contribution is 2.24. The third-order valence-corrected chi connectivity index (χ3v) is 6.48. The number of carbonyl (C=O) groups is 2. The second-order valence-electron chi connectivity index (χ2n) is 6.94. The van der Waals surface area contributed by atoms with E-state index in [2.05, 4.69) is 5.32 Å². The van der Waals surface area contributed by atoms with E-state index in [0.29, 0.717) is 31.8 Å². The molecule has 0 spiro atoms. The smallest absolute Gasteiger partial charge is 0.326 e. The Kier molecular flexibility index (Phi) is 6.46. The molecule has 1 aliphatic heterocycles. The topological polar surface area (TPSA) is 109 Å². The third kappa shape index (κ3) is 4.45. The standard InChI is InChI=1S/C17H27N3O5S/c1-4-6-14(17(22)23)18-16(21)15-9-13(11-19(15)3)26(24,25)20-8-5-7-12(2)10-20/h9,11-12,14H,4-8,10H2,1-3H3,(H,18,21)(H,22,23). The summed E-state index contributed by atoms with van der Waals surface area (Å²) in [6, 6.07) is 0.319. The minimum absolute atomic E-state index is 0.0571. The summed E-state index contributed by atoms with van der Waals surface area (Å²) in [6.45, 7) is 4.79. The van der Waals surface area contributed by atoms with E-state index in [0.717, 1.165) is 12.8 Å². The van der Waals surface area contributed by atoms with Gasteiger partial charge in [-0.1, -0.05) is 20.3 Å². The van der Waals surface area contributed by atoms with Crippen molar-refractivity contribution in [2.24, 2.45) is 13.0 Å². The fourth-order valence-corrected chi connectivity index (χ4v) is 4.86. The second kappa shape index (κ2) is 8.22. The number of nitrogens with zero attached hydrogens (tertiary/aromatic N) is 2. The lowest BCUT2D eigenvalue weighted by Crippen LogP contribution is -2.41. The fraction of sp³-hybridized carbons (Fsp3) is 0.647. The van der Waals surface area contributed by atoms with Gasteiger partial charge in [-0.2, -0.15) is 4.31 Å². The zero-order valence-electron chi connectivity index (χ0n) is 15.4. The highest BCUT2D eigenvalue weighted by Gasteiger charge is 2.31. The Morgan fingerprint density at radius 1 is 1.42 bits per heavy atom. The van der Waals surface area contributed by atoms with Crippen LogP contribution >= 0.6 is 0 Å². The van der Waals surface area contributed by atoms with Gasteiger partial charge in [0, 0.05) is 26.3 Å². The van der Waals surface area contributed by atoms with Crippen LogP contribution in [0, 0.1) is 5.92 Å². The number of carboxylic acids is 1. The van der Waals surface area contributed by atoms with Crippen LogP contribution in [0.25, 0.3) is 0 Å². The SMILES string of the molecule is CCCC(NC(=O)c1cc(S(=O)(=O)N2CCCC(C)C2)cn1C)C(=O)O. The van der Waals surface area contributed by atoms with Gasteiger partial charge < -0.3 is 15.0 Å². The zero-order chi connectivity index (χ0) is 19.5. The molecule has 1 amide bonds. The average molecular weight is 385 g/mol. The summed E-state index contributed by atoms with van der Waals surface area (Å²) >= 11 is 0. The third-order valence-electron chi connectivity index (χ3n) is 4.65. The molecule has 2 unspecified atom stereocenters. The average Bonchev–Trinajstić information content (AvgIpc) is 2.97. The van der Waals surface area contributed by atoms with Crippen molar-refractivity contribution < 1.29 is 23.1 Å². The summed E-state index contributed by atoms with van der Waals surface area (Å²) in [4.78, 5) is 23.7. The molecule has 1 saturated heterocycles. The summed E-state index contributed by atoms with van der Waals surface area (Å²) in [5, 5.41) is 11.6. The lowest BCUT2D eigenvalue weighted by Gasteiger charge is -2.29. The molecule has 0 radical (unpaired) electrons. The van der Waals surface area contributed by atoms with Crippen molar-refractivity contribution in [1.29, 1.82) is 0 Å². The molecule has 2 rings (SSSR count). The van der Waals surface area contributed by atoms with Gasteiger partial charge in [-0.15, -0.1) is 0 Å². The van der Waals surface area contributed by atoms with Crippen LogP contribution in [-0.2, 0) is 21.9 Å². The molecule has 1 aromatic rings. The molecule has 2 atom stereocenters. The van der Waals surface area contributed by atoms with Gasteiger partial charge in [0.2, 0.25) is 10.0 Å². The van der Waals surface area contributed by atoms with Crippen LogP contribution in [0.3, 0.4) is 0 Å². The Morgan fingerprint density at radius 3 is 2.69 bits per heavy atom. The molecule has 0 bridgehead atoms. The fourth-order valence-electron chi connectivity index (χ4n) is 3.19. The first-order valence-electron chi connectivity index (χ1n) is 8.87. The molecule has 0 aromatic carbocycles. The minimum atomic E-state index is -3.67. The van der Waals surface area contributed by atoms with E-state index in [9.17, 15) is 23.1 Å². The van der Waals surface area contributed by atoms with Crippen LogP contribution in [0.4, 0.5) is 0 Å². The molecule has 146 valence electrons. The summed E-state index contributed by atoms with van der Waals surface area (Å²) < 4.78 is 28.6. The van der Waals surface area contributed by atoms with E-state index < -0.39 is 27.9 Å². The van der Waals surface area contributed by atoms with Gasteiger partial charge in [0.1, 0.15) is 16.6 Å². The molecular formula is C17H27N3O5S. The summed E-state index contributed by atoms with van der Waals surface area (Å²) in [6.07, 6.45) is 4.14. The van der Waals surface area contributed by atoms with E-state index in [-0.39, 0.29) is 10.6 Å². The van der Waals surface area contributed by atoms with Crippen molar-refractivity contribution >= 4 is 21.9 Å². The maximum atomic E-state index is 12.8. The van der Waals surface area contributed by atoms with E-state index >= 15 is 0 Å². The van der Waals surface area contributed by atoms with E-state index in [1.54, 1.807) is 7.05 Å². The number of carboxylic acid groups (broad SMARTS) is 1. The molecular weight excluding hydrogens is 358 g/mol. The number of amides is 1. The number of hydrogen-bond donors (Lipinski definition) is 2. The first kappa shape index (κ1) is 20.4. The lowest BCUT2D eigenvalue weighted by atomic mass is 10.0. The van der Waals surface area contributed by atoms with Gasteiger partial charge in [-0.3, -0.25) is 4.79 Å². The molecule has 2 N–H and O–H groups in total. The molecule has 26 heavy (non-hydrogen) atoms. The van der Waals surface area contributed by atoms with Gasteiger partial charge >= 0.3 is 5.97 Å². The van der Waals surface area contributed by atoms with Gasteiger partial charge in [0.05, 0.1) is 0 Å². The van der Waals surface area contributed by atoms with Crippen molar-refractivity contribution in [3.8, 4) is 0 Å². The largest absolute Gasteiger partial charge is 0.480 e. The minimum Gasteiger partial charge on any atom is -0.480 e. The van der Waals surface area contributed by atoms with Crippen molar-refractivity contribution in [2.45, 2.75) is 50.5 Å². The number of hydrogen-bond acceptors (Lipinski definition) is 4. The number of aliphatic carboxylic acids is 1. The molecule has 1 aromatic heterocycles. The summed E-state index contributed by atoms with van der Waals surface area (Å²) in [5.74, 6) is -1.40. The summed E-state index contributed by atoms with van der Waals surface area (Å²) in [5.41, 5.74) is 0.121. The maximum absolute atomic E-state index is 12.8. The number of rotatable bonds is 7. The Labute approximate surface area is 154 Å². The van der Waals surface area contributed by atoms with Gasteiger partial charge in [-0.25, -0.2) is 13.2 Å². The van der Waals surface area contributed by atoms with Gasteiger partial charge in [-0.05, 0) is 31.2 Å². The first-order valence-corrected chi connectivity index (χ1v) is 10.3. The number of nitrogens with one attached hydrogen (secondary N) is 1. The number of aromatic nitrogens is 1. The lowest BCUT2D eigenvalue weighted by molar-refractivity contribution is -0.139. The molecule has 0 saturated carbocycles. The van der Waals surface area contributed by atoms with Crippen LogP contribution in [0.2, 0.25) is 0 Å². The van der Waals surface area contributed by atoms with Crippen LogP contribution in [0.1, 0.15) is 50.0 Å². The quantitative estimate of drug-likeness (QED) is 0.738. The summed E-state index contributed by atoms with van der Waals surface area (Å²) in [7, 11) is -2.10. The van der Waals surface area contributed by atoms with Gasteiger partial charge in [0.25, 0.3) is 5.91 Å². The van der Waals surface area contributed by atoms with Gasteiger partial charge in [0.15, 0.2) is 0 Å². The predicted molar refractivity (Wildman–Crippen MR) is 96.4 cm³/mol. The zero-order valence-corrected chi connectivity index (χ0v) is 16.3. The van der Waals surface area contributed by atoms with Crippen LogP contribution in [-0.4, -0.2) is 53.4 Å². The molecule has 2 heterocycles. The van der Waals surface area contributed by atoms with E-state index in [1.807, 2.05) is 13.8 Å². The van der Waals surface area contributed by atoms with Crippen molar-refractivity contribution in [2.75, 3.05) is 13.1 Å². The number of sulfonamides is 1. The highest BCUT2D eigenvalue weighted by atomic mass is 32.2. The highest BCUT2D eigenvalue weighted by molar-refractivity contribution is 7.89. The van der Waals surface area contributed by atoms with Crippen LogP contribution in [0.5, 0.6) is 0 Å². The maximum Gasteiger partial charge on any atom is 0.326 e. The Morgan fingerprint density at radius 2 is 2.12 bits per heavy atom. The second-order valence-corrected chi connectivity index (χ2v) is 8.87. The first-order chi connectivity index (χ1) is 12.2. The molecule has 0 aliphatic carbocycles. The molecule has 8 nitrogen and oxygen atoms in total. The number of carbonyl (C=O) groups excluding carboxylic acids is 1. The van der Waals surface area contributed by atoms with E-state index in [1.165, 1.54) is 21.1 Å². The van der Waals surface area contributed by atoms with Crippen LogP contribution in [0.15, 0.2) is 17.2 Å². The Balaban J connectivity index is 2.22. The Bertz CT molecular complexity index is 771. The van der Waals surface area contributed by atoms with Crippen molar-refractivity contribution in [1.82, 2.24) is 14.2 Å². The molecule has 9 heteroatoms. The van der Waals surface area contributed by atoms with Crippen LogP contribution < -0.4 is 5.32 Å². The number of piperidine rings is 1. The van der Waals surface area contributed by atoms with E-state index in [4.69, 9.17) is 0 Å². The monoisotopic (exact) mass is 385 g/mol. The Hall–Kier alpha value is -1.87.